The van der Waals surface area contributed by atoms with Gasteiger partial charge in [-0.25, -0.2) is 0 Å². The molecule has 0 bridgehead atoms. The van der Waals surface area contributed by atoms with E-state index in [2.05, 4.69) is 54.2 Å². The molecule has 24 heavy (non-hydrogen) atoms. The van der Waals surface area contributed by atoms with E-state index >= 15 is 0 Å². The Labute approximate surface area is 151 Å². The molecule has 0 spiro atoms. The fourth-order valence-electron chi connectivity index (χ4n) is 3.25. The van der Waals surface area contributed by atoms with E-state index in [1.54, 1.807) is 0 Å². The lowest BCUT2D eigenvalue weighted by Gasteiger charge is -2.30. The van der Waals surface area contributed by atoms with Crippen LogP contribution in [0.1, 0.15) is 50.7 Å². The predicted octanol–water partition coefficient (Wildman–Crippen LogP) is 3.55. The molecule has 4 nitrogen and oxygen atoms in total. The topological polar surface area (TPSA) is 49.3 Å². The highest BCUT2D eigenvalue weighted by atomic mass is 32.2. The van der Waals surface area contributed by atoms with Gasteiger partial charge in [-0.05, 0) is 62.5 Å². The summed E-state index contributed by atoms with van der Waals surface area (Å²) >= 11 is 2.11. The van der Waals surface area contributed by atoms with Gasteiger partial charge in [-0.2, -0.15) is 11.8 Å². The number of hydrogen-bond acceptors (Lipinski definition) is 3. The highest BCUT2D eigenvalue weighted by molar-refractivity contribution is 7.99. The first kappa shape index (κ1) is 19.1. The van der Waals surface area contributed by atoms with Gasteiger partial charge >= 0.3 is 0 Å². The van der Waals surface area contributed by atoms with Crippen LogP contribution in [0.3, 0.4) is 0 Å². The molecule has 1 aromatic heterocycles. The molecule has 1 aliphatic rings. The molecule has 2 rings (SSSR count). The van der Waals surface area contributed by atoms with Crippen molar-refractivity contribution in [2.24, 2.45) is 4.99 Å². The Bertz CT molecular complexity index is 516. The SMILES string of the molecule is CCNC(=NCCc1ccncc1C)NC1CCCC(SCC)C1. The van der Waals surface area contributed by atoms with E-state index in [4.69, 9.17) is 4.99 Å². The van der Waals surface area contributed by atoms with Gasteiger partial charge in [0.2, 0.25) is 0 Å². The molecule has 5 heteroatoms. The lowest BCUT2D eigenvalue weighted by atomic mass is 9.95. The van der Waals surface area contributed by atoms with Crippen molar-refractivity contribution >= 4 is 17.7 Å². The first-order chi connectivity index (χ1) is 11.7. The minimum absolute atomic E-state index is 0.559. The lowest BCUT2D eigenvalue weighted by Crippen LogP contribution is -2.45. The minimum atomic E-state index is 0.559. The molecule has 2 N–H and O–H groups in total. The summed E-state index contributed by atoms with van der Waals surface area (Å²) in [4.78, 5) is 8.94. The van der Waals surface area contributed by atoms with Crippen molar-refractivity contribution < 1.29 is 0 Å². The molecule has 0 aliphatic heterocycles. The maximum atomic E-state index is 4.78. The van der Waals surface area contributed by atoms with Crippen molar-refractivity contribution in [1.82, 2.24) is 15.6 Å². The van der Waals surface area contributed by atoms with Crippen molar-refractivity contribution in [2.75, 3.05) is 18.8 Å². The Hall–Kier alpha value is -1.23. The van der Waals surface area contributed by atoms with E-state index in [1.807, 2.05) is 12.4 Å². The van der Waals surface area contributed by atoms with E-state index in [1.165, 1.54) is 42.6 Å². The number of aromatic nitrogens is 1. The number of rotatable bonds is 7. The van der Waals surface area contributed by atoms with E-state index in [-0.39, 0.29) is 0 Å². The van der Waals surface area contributed by atoms with Crippen molar-refractivity contribution in [3.05, 3.63) is 29.6 Å². The molecule has 1 aliphatic carbocycles. The van der Waals surface area contributed by atoms with Crippen LogP contribution in [0.15, 0.2) is 23.5 Å². The summed E-state index contributed by atoms with van der Waals surface area (Å²) in [6.45, 7) is 8.21. The number of thioether (sulfide) groups is 1. The van der Waals surface area contributed by atoms with Gasteiger partial charge in [-0.3, -0.25) is 9.98 Å². The molecule has 0 aromatic carbocycles. The Morgan fingerprint density at radius 2 is 2.25 bits per heavy atom. The second-order valence-corrected chi connectivity index (χ2v) is 7.98. The van der Waals surface area contributed by atoms with E-state index in [0.29, 0.717) is 6.04 Å². The molecule has 0 radical (unpaired) electrons. The lowest BCUT2D eigenvalue weighted by molar-refractivity contribution is 0.419. The third-order valence-electron chi connectivity index (χ3n) is 4.50. The average Bonchev–Trinajstić information content (AvgIpc) is 2.57. The number of pyridine rings is 1. The Balaban J connectivity index is 1.87. The number of guanidine groups is 1. The van der Waals surface area contributed by atoms with Crippen molar-refractivity contribution in [3.8, 4) is 0 Å². The van der Waals surface area contributed by atoms with E-state index < -0.39 is 0 Å². The molecule has 1 fully saturated rings. The normalized spacial score (nSPS) is 21.5. The van der Waals surface area contributed by atoms with Crippen LogP contribution >= 0.6 is 11.8 Å². The molecular formula is C19H32N4S. The van der Waals surface area contributed by atoms with E-state index in [0.717, 1.165) is 30.7 Å². The van der Waals surface area contributed by atoms with Gasteiger partial charge in [0.15, 0.2) is 5.96 Å². The molecule has 2 unspecified atom stereocenters. The van der Waals surface area contributed by atoms with Crippen LogP contribution in [-0.2, 0) is 6.42 Å². The second-order valence-electron chi connectivity index (χ2n) is 6.40. The first-order valence-corrected chi connectivity index (χ1v) is 10.3. The van der Waals surface area contributed by atoms with Crippen LogP contribution in [-0.4, -0.2) is 41.1 Å². The molecule has 0 amide bonds. The summed E-state index contributed by atoms with van der Waals surface area (Å²) in [5.74, 6) is 2.19. The molecule has 0 saturated heterocycles. The largest absolute Gasteiger partial charge is 0.357 e. The zero-order chi connectivity index (χ0) is 17.2. The average molecular weight is 349 g/mol. The van der Waals surface area contributed by atoms with E-state index in [9.17, 15) is 0 Å². The number of hydrogen-bond donors (Lipinski definition) is 2. The quantitative estimate of drug-likeness (QED) is 0.584. The number of nitrogens with zero attached hydrogens (tertiary/aromatic N) is 2. The Kier molecular flexibility index (Phi) is 8.43. The maximum Gasteiger partial charge on any atom is 0.191 e. The standard InChI is InChI=1S/C19H32N4S/c1-4-21-19(22-12-10-16-9-11-20-14-15(16)3)23-17-7-6-8-18(13-17)24-5-2/h9,11,14,17-18H,4-8,10,12-13H2,1-3H3,(H2,21,22,23). The van der Waals surface area contributed by atoms with Gasteiger partial charge in [0.25, 0.3) is 0 Å². The first-order valence-electron chi connectivity index (χ1n) is 9.28. The molecular weight excluding hydrogens is 316 g/mol. The summed E-state index contributed by atoms with van der Waals surface area (Å²) in [6, 6.07) is 2.65. The van der Waals surface area contributed by atoms with Gasteiger partial charge < -0.3 is 10.6 Å². The minimum Gasteiger partial charge on any atom is -0.357 e. The number of aryl methyl sites for hydroxylation is 1. The Morgan fingerprint density at radius 3 is 3.00 bits per heavy atom. The van der Waals surface area contributed by atoms with Crippen LogP contribution in [0, 0.1) is 6.92 Å². The smallest absolute Gasteiger partial charge is 0.191 e. The highest BCUT2D eigenvalue weighted by Gasteiger charge is 2.22. The maximum absolute atomic E-state index is 4.78. The van der Waals surface area contributed by atoms with Crippen molar-refractivity contribution in [2.45, 2.75) is 64.2 Å². The monoisotopic (exact) mass is 348 g/mol. The van der Waals surface area contributed by atoms with Crippen LogP contribution in [0.2, 0.25) is 0 Å². The third-order valence-corrected chi connectivity index (χ3v) is 5.73. The molecule has 2 atom stereocenters. The van der Waals surface area contributed by atoms with Gasteiger partial charge in [-0.15, -0.1) is 0 Å². The summed E-state index contributed by atoms with van der Waals surface area (Å²) in [7, 11) is 0. The van der Waals surface area contributed by atoms with Crippen LogP contribution in [0.4, 0.5) is 0 Å². The summed E-state index contributed by atoms with van der Waals surface area (Å²) in [5, 5.41) is 7.87. The predicted molar refractivity (Wildman–Crippen MR) is 106 cm³/mol. The number of nitrogens with one attached hydrogen (secondary N) is 2. The second kappa shape index (κ2) is 10.6. The summed E-state index contributed by atoms with van der Waals surface area (Å²) in [5.41, 5.74) is 2.58. The molecule has 1 saturated carbocycles. The van der Waals surface area contributed by atoms with Crippen LogP contribution < -0.4 is 10.6 Å². The summed E-state index contributed by atoms with van der Waals surface area (Å²) in [6.07, 6.45) is 9.96. The fraction of sp³-hybridized carbons (Fsp3) is 0.684. The van der Waals surface area contributed by atoms with Gasteiger partial charge in [0, 0.05) is 36.8 Å². The van der Waals surface area contributed by atoms with Crippen LogP contribution in [0.25, 0.3) is 0 Å². The number of aliphatic imine (C=N–C) groups is 1. The zero-order valence-electron chi connectivity index (χ0n) is 15.3. The van der Waals surface area contributed by atoms with Crippen molar-refractivity contribution in [3.63, 3.8) is 0 Å². The zero-order valence-corrected chi connectivity index (χ0v) is 16.2. The molecule has 1 heterocycles. The molecule has 1 aromatic rings. The Morgan fingerprint density at radius 1 is 1.38 bits per heavy atom. The van der Waals surface area contributed by atoms with Crippen molar-refractivity contribution in [1.29, 1.82) is 0 Å². The molecule has 134 valence electrons. The third kappa shape index (κ3) is 6.34. The van der Waals surface area contributed by atoms with Gasteiger partial charge in [0.05, 0.1) is 0 Å². The van der Waals surface area contributed by atoms with Gasteiger partial charge in [0.1, 0.15) is 0 Å². The summed E-state index contributed by atoms with van der Waals surface area (Å²) < 4.78 is 0. The highest BCUT2D eigenvalue weighted by Crippen LogP contribution is 2.28. The fourth-order valence-corrected chi connectivity index (χ4v) is 4.42. The van der Waals surface area contributed by atoms with Crippen LogP contribution in [0.5, 0.6) is 0 Å². The van der Waals surface area contributed by atoms with Gasteiger partial charge in [-0.1, -0.05) is 13.3 Å².